The number of para-hydroxylation sites is 2. The summed E-state index contributed by atoms with van der Waals surface area (Å²) in [6.45, 7) is 2.05. The lowest BCUT2D eigenvalue weighted by atomic mass is 9.90. The minimum Gasteiger partial charge on any atom is -1.00 e. The molecule has 0 spiro atoms. The van der Waals surface area contributed by atoms with Gasteiger partial charge in [0.1, 0.15) is 0 Å². The number of nitrogens with one attached hydrogen (secondary N) is 1. The highest BCUT2D eigenvalue weighted by atomic mass is 35.5. The van der Waals surface area contributed by atoms with E-state index in [1.54, 1.807) is 0 Å². The first-order valence-corrected chi connectivity index (χ1v) is 6.50. The molecule has 0 amide bonds. The maximum Gasteiger partial charge on any atom is 0.166 e. The van der Waals surface area contributed by atoms with Crippen molar-refractivity contribution < 1.29 is 17.2 Å². The minimum atomic E-state index is 0. The first-order chi connectivity index (χ1) is 8.79. The van der Waals surface area contributed by atoms with E-state index in [-0.39, 0.29) is 18.2 Å². The van der Waals surface area contributed by atoms with Crippen molar-refractivity contribution >= 4 is 22.9 Å². The van der Waals surface area contributed by atoms with Crippen LogP contribution in [0.5, 0.6) is 0 Å². The molecule has 0 radical (unpaired) electrons. The van der Waals surface area contributed by atoms with Crippen molar-refractivity contribution in [3.8, 4) is 0 Å². The van der Waals surface area contributed by atoms with Gasteiger partial charge in [-0.3, -0.25) is 9.79 Å². The highest BCUT2D eigenvalue weighted by Gasteiger charge is 2.26. The van der Waals surface area contributed by atoms with Crippen LogP contribution in [0, 0.1) is 0 Å². The van der Waals surface area contributed by atoms with Gasteiger partial charge >= 0.3 is 0 Å². The Bertz CT molecular complexity index is 575. The molecule has 19 heavy (non-hydrogen) atoms. The highest BCUT2D eigenvalue weighted by molar-refractivity contribution is 6.24. The Balaban J connectivity index is 0.00000133. The zero-order chi connectivity index (χ0) is 12.5. The predicted octanol–water partition coefficient (Wildman–Crippen LogP) is 0.606. The molecule has 0 atom stereocenters. The third-order valence-electron chi connectivity index (χ3n) is 3.48. The van der Waals surface area contributed by atoms with Gasteiger partial charge in [-0.15, -0.1) is 0 Å². The first-order valence-electron chi connectivity index (χ1n) is 6.50. The SMILES string of the molecule is CCC1=Nc2ccccc2NC2=C1C(=O)CCC2.[Cl-]. The van der Waals surface area contributed by atoms with E-state index in [0.29, 0.717) is 6.42 Å². The molecular weight excluding hydrogens is 260 g/mol. The maximum absolute atomic E-state index is 12.1. The van der Waals surface area contributed by atoms with Crippen molar-refractivity contribution in [3.05, 3.63) is 35.5 Å². The maximum atomic E-state index is 12.1. The van der Waals surface area contributed by atoms with Gasteiger partial charge in [0.05, 0.1) is 22.7 Å². The number of ketones is 1. The third kappa shape index (κ3) is 2.43. The summed E-state index contributed by atoms with van der Waals surface area (Å²) in [5, 5.41) is 3.40. The molecule has 0 fully saturated rings. The minimum absolute atomic E-state index is 0. The zero-order valence-electron chi connectivity index (χ0n) is 10.9. The first kappa shape index (κ1) is 13.8. The molecule has 0 aromatic heterocycles. The number of nitrogens with zero attached hydrogens (tertiary/aromatic N) is 1. The predicted molar refractivity (Wildman–Crippen MR) is 73.3 cm³/mol. The third-order valence-corrected chi connectivity index (χ3v) is 3.48. The number of fused-ring (bicyclic) bond motifs is 1. The average molecular weight is 276 g/mol. The van der Waals surface area contributed by atoms with Crippen LogP contribution in [0.15, 0.2) is 40.5 Å². The Kier molecular flexibility index (Phi) is 4.05. The van der Waals surface area contributed by atoms with E-state index in [0.717, 1.165) is 47.6 Å². The molecule has 3 nitrogen and oxygen atoms in total. The standard InChI is InChI=1S/C15H16N2O.ClH/c1-2-10-15-13(8-5-9-14(15)18)17-12-7-4-3-6-11(12)16-10;/h3-4,6-7,17H,2,5,8-9H2,1H3;1H/p-1. The summed E-state index contributed by atoms with van der Waals surface area (Å²) in [7, 11) is 0. The topological polar surface area (TPSA) is 41.5 Å². The number of hydrogen-bond donors (Lipinski definition) is 1. The number of allylic oxidation sites excluding steroid dienone is 2. The van der Waals surface area contributed by atoms with Crippen molar-refractivity contribution in [2.24, 2.45) is 4.99 Å². The summed E-state index contributed by atoms with van der Waals surface area (Å²) in [6.07, 6.45) is 3.31. The summed E-state index contributed by atoms with van der Waals surface area (Å²) in [5.41, 5.74) is 4.74. The van der Waals surface area contributed by atoms with Crippen LogP contribution in [0.2, 0.25) is 0 Å². The van der Waals surface area contributed by atoms with Gasteiger partial charge < -0.3 is 17.7 Å². The van der Waals surface area contributed by atoms with Crippen LogP contribution in [0.3, 0.4) is 0 Å². The second-order valence-electron chi connectivity index (χ2n) is 4.68. The molecule has 0 unspecified atom stereocenters. The molecule has 0 saturated heterocycles. The van der Waals surface area contributed by atoms with Gasteiger partial charge in [0.25, 0.3) is 0 Å². The molecule has 0 saturated carbocycles. The lowest BCUT2D eigenvalue weighted by Gasteiger charge is -2.19. The van der Waals surface area contributed by atoms with E-state index < -0.39 is 0 Å². The number of carbonyl (C=O) groups excluding carboxylic acids is 1. The lowest BCUT2D eigenvalue weighted by Crippen LogP contribution is -3.00. The molecule has 0 bridgehead atoms. The zero-order valence-corrected chi connectivity index (χ0v) is 11.6. The summed E-state index contributed by atoms with van der Waals surface area (Å²) >= 11 is 0. The van der Waals surface area contributed by atoms with Crippen molar-refractivity contribution in [1.29, 1.82) is 0 Å². The fourth-order valence-electron chi connectivity index (χ4n) is 2.60. The van der Waals surface area contributed by atoms with Gasteiger partial charge in [0.2, 0.25) is 0 Å². The van der Waals surface area contributed by atoms with Crippen molar-refractivity contribution in [1.82, 2.24) is 0 Å². The largest absolute Gasteiger partial charge is 1.00 e. The molecule has 1 aliphatic heterocycles. The van der Waals surface area contributed by atoms with Crippen LogP contribution in [0.1, 0.15) is 32.6 Å². The van der Waals surface area contributed by atoms with E-state index >= 15 is 0 Å². The second-order valence-corrected chi connectivity index (χ2v) is 4.68. The van der Waals surface area contributed by atoms with Gasteiger partial charge in [0.15, 0.2) is 5.78 Å². The number of rotatable bonds is 1. The number of hydrogen-bond acceptors (Lipinski definition) is 3. The van der Waals surface area contributed by atoms with Crippen LogP contribution in [-0.4, -0.2) is 11.5 Å². The van der Waals surface area contributed by atoms with Crippen LogP contribution >= 0.6 is 0 Å². The Morgan fingerprint density at radius 2 is 2.05 bits per heavy atom. The van der Waals surface area contributed by atoms with E-state index in [1.807, 2.05) is 24.3 Å². The van der Waals surface area contributed by atoms with E-state index in [4.69, 9.17) is 0 Å². The Morgan fingerprint density at radius 1 is 1.26 bits per heavy atom. The van der Waals surface area contributed by atoms with Crippen molar-refractivity contribution in [3.63, 3.8) is 0 Å². The summed E-state index contributed by atoms with van der Waals surface area (Å²) in [5.74, 6) is 0.233. The average Bonchev–Trinajstić information content (AvgIpc) is 2.55. The van der Waals surface area contributed by atoms with E-state index in [9.17, 15) is 4.79 Å². The summed E-state index contributed by atoms with van der Waals surface area (Å²) in [4.78, 5) is 16.8. The van der Waals surface area contributed by atoms with Gasteiger partial charge in [-0.1, -0.05) is 19.1 Å². The normalized spacial score (nSPS) is 17.5. The monoisotopic (exact) mass is 275 g/mol. The fraction of sp³-hybridized carbons (Fsp3) is 0.333. The number of Topliss-reactive ketones (excluding diaryl/α,β-unsaturated/α-hetero) is 1. The second kappa shape index (κ2) is 5.57. The van der Waals surface area contributed by atoms with Gasteiger partial charge in [0, 0.05) is 12.1 Å². The van der Waals surface area contributed by atoms with E-state index in [2.05, 4.69) is 17.2 Å². The Labute approximate surface area is 119 Å². The van der Waals surface area contributed by atoms with Gasteiger partial charge in [-0.2, -0.15) is 0 Å². The summed E-state index contributed by atoms with van der Waals surface area (Å²) < 4.78 is 0. The molecule has 3 rings (SSSR count). The van der Waals surface area contributed by atoms with Gasteiger partial charge in [-0.05, 0) is 31.4 Å². The molecule has 1 aromatic carbocycles. The molecule has 1 aromatic rings. The highest BCUT2D eigenvalue weighted by Crippen LogP contribution is 2.34. The fourth-order valence-corrected chi connectivity index (χ4v) is 2.60. The van der Waals surface area contributed by atoms with Crippen molar-refractivity contribution in [2.45, 2.75) is 32.6 Å². The molecular formula is C15H16ClN2O-. The number of benzene rings is 1. The molecule has 4 heteroatoms. The molecule has 2 aliphatic rings. The van der Waals surface area contributed by atoms with Crippen LogP contribution in [0.4, 0.5) is 11.4 Å². The molecule has 1 N–H and O–H groups in total. The van der Waals surface area contributed by atoms with E-state index in [1.165, 1.54) is 0 Å². The van der Waals surface area contributed by atoms with Crippen LogP contribution < -0.4 is 17.7 Å². The van der Waals surface area contributed by atoms with Crippen molar-refractivity contribution in [2.75, 3.05) is 5.32 Å². The van der Waals surface area contributed by atoms with Crippen LogP contribution in [0.25, 0.3) is 0 Å². The smallest absolute Gasteiger partial charge is 0.166 e. The Hall–Kier alpha value is -1.61. The summed E-state index contributed by atoms with van der Waals surface area (Å²) in [6, 6.07) is 7.97. The number of aliphatic imine (C=N–C) groups is 1. The molecule has 1 aliphatic carbocycles. The molecule has 100 valence electrons. The molecule has 1 heterocycles. The lowest BCUT2D eigenvalue weighted by molar-refractivity contribution is -0.115. The quantitative estimate of drug-likeness (QED) is 0.816. The van der Waals surface area contributed by atoms with Gasteiger partial charge in [-0.25, -0.2) is 0 Å². The number of anilines is 1. The number of halogens is 1. The Morgan fingerprint density at radius 3 is 2.84 bits per heavy atom. The number of carbonyl (C=O) groups is 1. The van der Waals surface area contributed by atoms with Crippen LogP contribution in [-0.2, 0) is 4.79 Å².